The van der Waals surface area contributed by atoms with Crippen molar-refractivity contribution in [3.8, 4) is 0 Å². The van der Waals surface area contributed by atoms with Crippen molar-refractivity contribution in [1.29, 1.82) is 0 Å². The average Bonchev–Trinajstić information content (AvgIpc) is 1.31. The molecule has 0 aliphatic rings. The number of nitrogens with zero attached hydrogens (tertiary/aromatic N) is 1. The molecule has 0 aromatic rings. The van der Waals surface area contributed by atoms with Crippen LogP contribution in [-0.2, 0) is 0 Å². The Bertz CT molecular complexity index is 62.5. The summed E-state index contributed by atoms with van der Waals surface area (Å²) in [7, 11) is 3.39. The third-order valence-corrected chi connectivity index (χ3v) is 4.02. The SMILES string of the molecule is CN(C)[Si](C)(C)C.[H-].[Li+]. The molecule has 0 unspecified atom stereocenters. The maximum Gasteiger partial charge on any atom is 1.00 e. The third-order valence-electron chi connectivity index (χ3n) is 1.34. The summed E-state index contributed by atoms with van der Waals surface area (Å²) in [5.74, 6) is 0. The van der Waals surface area contributed by atoms with Gasteiger partial charge in [0.05, 0.1) is 0 Å². The standard InChI is InChI=1S/C5H15NSi.Li.H/c1-6(2)7(3,4)5;;/h1-5H3;;/q;+1;-1. The Balaban J connectivity index is -0.000000180. The molecule has 0 N–H and O–H groups in total. The number of hydrogen-bond donors (Lipinski definition) is 0. The van der Waals surface area contributed by atoms with Gasteiger partial charge in [0.15, 0.2) is 0 Å². The fourth-order valence-corrected chi connectivity index (χ4v) is 0. The van der Waals surface area contributed by atoms with Gasteiger partial charge in [0.2, 0.25) is 0 Å². The fraction of sp³-hybridized carbons (Fsp3) is 1.00. The third kappa shape index (κ3) is 4.92. The summed E-state index contributed by atoms with van der Waals surface area (Å²) >= 11 is 0. The summed E-state index contributed by atoms with van der Waals surface area (Å²) in [5, 5.41) is 0. The zero-order valence-corrected chi connectivity index (χ0v) is 7.95. The molecule has 0 fully saturated rings. The zero-order chi connectivity index (χ0) is 6.08. The van der Waals surface area contributed by atoms with Crippen LogP contribution in [0.15, 0.2) is 0 Å². The molecule has 0 aliphatic carbocycles. The van der Waals surface area contributed by atoms with Gasteiger partial charge in [-0.1, -0.05) is 19.6 Å². The van der Waals surface area contributed by atoms with E-state index in [-0.39, 0.29) is 20.3 Å². The van der Waals surface area contributed by atoms with Crippen LogP contribution in [0.3, 0.4) is 0 Å². The first-order valence-electron chi connectivity index (χ1n) is 2.62. The van der Waals surface area contributed by atoms with Gasteiger partial charge in [0.25, 0.3) is 0 Å². The van der Waals surface area contributed by atoms with Gasteiger partial charge in [0.1, 0.15) is 8.24 Å². The van der Waals surface area contributed by atoms with Gasteiger partial charge in [-0.15, -0.1) is 0 Å². The molecule has 0 amide bonds. The second-order valence-corrected chi connectivity index (χ2v) is 8.30. The summed E-state index contributed by atoms with van der Waals surface area (Å²) < 4.78 is 2.33. The second kappa shape index (κ2) is 3.73. The Morgan fingerprint density at radius 2 is 1.25 bits per heavy atom. The summed E-state index contributed by atoms with van der Waals surface area (Å²) in [4.78, 5) is 0. The van der Waals surface area contributed by atoms with E-state index in [1.807, 2.05) is 0 Å². The maximum absolute atomic E-state index is 2.33. The zero-order valence-electron chi connectivity index (χ0n) is 7.95. The predicted octanol–water partition coefficient (Wildman–Crippen LogP) is -1.50. The van der Waals surface area contributed by atoms with E-state index in [9.17, 15) is 0 Å². The van der Waals surface area contributed by atoms with Crippen LogP contribution in [-0.4, -0.2) is 26.9 Å². The van der Waals surface area contributed by atoms with Crippen molar-refractivity contribution in [2.45, 2.75) is 19.6 Å². The van der Waals surface area contributed by atoms with Gasteiger partial charge in [-0.05, 0) is 14.1 Å². The first-order chi connectivity index (χ1) is 2.94. The van der Waals surface area contributed by atoms with Crippen molar-refractivity contribution >= 4 is 8.24 Å². The van der Waals surface area contributed by atoms with Crippen LogP contribution in [0.1, 0.15) is 1.43 Å². The van der Waals surface area contributed by atoms with Crippen LogP contribution < -0.4 is 18.9 Å². The number of hydrogen-bond acceptors (Lipinski definition) is 1. The van der Waals surface area contributed by atoms with Crippen molar-refractivity contribution in [2.75, 3.05) is 14.1 Å². The van der Waals surface area contributed by atoms with E-state index >= 15 is 0 Å². The van der Waals surface area contributed by atoms with Gasteiger partial charge < -0.3 is 5.99 Å². The molecule has 0 aromatic heterocycles. The molecule has 0 aromatic carbocycles. The quantitative estimate of drug-likeness (QED) is 0.386. The predicted molar refractivity (Wildman–Crippen MR) is 38.1 cm³/mol. The molecule has 0 aliphatic heterocycles. The molecule has 8 heavy (non-hydrogen) atoms. The topological polar surface area (TPSA) is 3.24 Å². The van der Waals surface area contributed by atoms with Gasteiger partial charge >= 0.3 is 18.9 Å². The Morgan fingerprint density at radius 1 is 1.12 bits per heavy atom. The molecule has 0 bridgehead atoms. The van der Waals surface area contributed by atoms with Crippen molar-refractivity contribution in [1.82, 2.24) is 4.57 Å². The van der Waals surface area contributed by atoms with E-state index < -0.39 is 8.24 Å². The molecule has 0 saturated heterocycles. The van der Waals surface area contributed by atoms with Gasteiger partial charge in [-0.3, -0.25) is 0 Å². The monoisotopic (exact) mass is 125 g/mol. The smallest absolute Gasteiger partial charge is 1.00 e. The van der Waals surface area contributed by atoms with Crippen LogP contribution >= 0.6 is 0 Å². The van der Waals surface area contributed by atoms with Gasteiger partial charge in [-0.25, -0.2) is 0 Å². The molecular formula is C5H16LiNSi. The Labute approximate surface area is 67.2 Å². The van der Waals surface area contributed by atoms with E-state index in [0.29, 0.717) is 0 Å². The van der Waals surface area contributed by atoms with Crippen LogP contribution in [0.2, 0.25) is 19.6 Å². The van der Waals surface area contributed by atoms with E-state index in [0.717, 1.165) is 0 Å². The summed E-state index contributed by atoms with van der Waals surface area (Å²) in [5.41, 5.74) is 0. The molecule has 0 atom stereocenters. The number of rotatable bonds is 1. The summed E-state index contributed by atoms with van der Waals surface area (Å²) in [6.45, 7) is 6.98. The van der Waals surface area contributed by atoms with E-state index in [2.05, 4.69) is 38.3 Å². The van der Waals surface area contributed by atoms with Crippen LogP contribution in [0.25, 0.3) is 0 Å². The van der Waals surface area contributed by atoms with Crippen molar-refractivity contribution < 1.29 is 20.3 Å². The van der Waals surface area contributed by atoms with Crippen LogP contribution in [0.5, 0.6) is 0 Å². The molecule has 0 heterocycles. The molecule has 0 radical (unpaired) electrons. The van der Waals surface area contributed by atoms with Crippen molar-refractivity contribution in [3.05, 3.63) is 0 Å². The first-order valence-corrected chi connectivity index (χ1v) is 6.07. The molecule has 0 rings (SSSR count). The Hall–Kier alpha value is 0.774. The first kappa shape index (κ1) is 11.6. The van der Waals surface area contributed by atoms with Crippen molar-refractivity contribution in [2.24, 2.45) is 0 Å². The maximum atomic E-state index is 2.33. The Morgan fingerprint density at radius 3 is 1.25 bits per heavy atom. The minimum Gasteiger partial charge on any atom is -1.00 e. The van der Waals surface area contributed by atoms with Gasteiger partial charge in [-0.2, -0.15) is 0 Å². The molecule has 1 nitrogen and oxygen atoms in total. The summed E-state index contributed by atoms with van der Waals surface area (Å²) in [6, 6.07) is 0. The molecule has 0 spiro atoms. The second-order valence-electron chi connectivity index (χ2n) is 3.07. The normalized spacial score (nSPS) is 11.2. The van der Waals surface area contributed by atoms with Crippen LogP contribution in [0.4, 0.5) is 0 Å². The molecule has 46 valence electrons. The Kier molecular flexibility index (Phi) is 5.39. The van der Waals surface area contributed by atoms with Crippen molar-refractivity contribution in [3.63, 3.8) is 0 Å². The fourth-order valence-electron chi connectivity index (χ4n) is 0. The summed E-state index contributed by atoms with van der Waals surface area (Å²) in [6.07, 6.45) is 0. The van der Waals surface area contributed by atoms with E-state index in [4.69, 9.17) is 0 Å². The van der Waals surface area contributed by atoms with E-state index in [1.54, 1.807) is 0 Å². The molecular weight excluding hydrogens is 109 g/mol. The van der Waals surface area contributed by atoms with E-state index in [1.165, 1.54) is 0 Å². The van der Waals surface area contributed by atoms with Gasteiger partial charge in [0, 0.05) is 0 Å². The minimum absolute atomic E-state index is 0. The molecule has 0 saturated carbocycles. The van der Waals surface area contributed by atoms with Crippen LogP contribution in [0, 0.1) is 0 Å². The molecule has 3 heteroatoms. The largest absolute Gasteiger partial charge is 1.00 e. The minimum atomic E-state index is -0.901. The average molecular weight is 125 g/mol.